The molecule has 2 aromatic carbocycles. The van der Waals surface area contributed by atoms with E-state index < -0.39 is 10.0 Å². The Hall–Kier alpha value is -1.08. The summed E-state index contributed by atoms with van der Waals surface area (Å²) in [7, 11) is -2.10. The average molecular weight is 390 g/mol. The molecule has 0 atom stereocenters. The van der Waals surface area contributed by atoms with Gasteiger partial charge in [0.1, 0.15) is 4.90 Å². The number of benzene rings is 2. The minimum Gasteiger partial charge on any atom is -0.380 e. The van der Waals surface area contributed by atoms with Crippen molar-refractivity contribution in [2.75, 3.05) is 12.4 Å². The van der Waals surface area contributed by atoms with Crippen LogP contribution in [0.4, 0.5) is 5.69 Å². The van der Waals surface area contributed by atoms with E-state index in [1.165, 1.54) is 7.05 Å². The second-order valence-electron chi connectivity index (χ2n) is 4.31. The third kappa shape index (κ3) is 3.97. The van der Waals surface area contributed by atoms with Gasteiger partial charge in [0.05, 0.1) is 10.7 Å². The zero-order valence-electron chi connectivity index (χ0n) is 11.2. The lowest BCUT2D eigenvalue weighted by Crippen LogP contribution is -2.20. The van der Waals surface area contributed by atoms with Crippen LogP contribution >= 0.6 is 27.5 Å². The van der Waals surface area contributed by atoms with E-state index in [0.717, 1.165) is 10.0 Å². The Morgan fingerprint density at radius 2 is 1.90 bits per heavy atom. The molecule has 0 unspecified atom stereocenters. The van der Waals surface area contributed by atoms with Gasteiger partial charge < -0.3 is 5.32 Å². The number of anilines is 1. The van der Waals surface area contributed by atoms with Crippen LogP contribution in [0, 0.1) is 0 Å². The molecular formula is C14H14BrClN2O2S. The lowest BCUT2D eigenvalue weighted by molar-refractivity contribution is 0.588. The molecule has 7 heteroatoms. The second kappa shape index (κ2) is 6.79. The summed E-state index contributed by atoms with van der Waals surface area (Å²) in [6.45, 7) is 0.492. The van der Waals surface area contributed by atoms with E-state index in [0.29, 0.717) is 17.3 Å². The fourth-order valence-corrected chi connectivity index (χ4v) is 3.25. The van der Waals surface area contributed by atoms with Crippen molar-refractivity contribution in [3.05, 3.63) is 57.5 Å². The highest BCUT2D eigenvalue weighted by atomic mass is 79.9. The maximum absolute atomic E-state index is 12.0. The van der Waals surface area contributed by atoms with Crippen LogP contribution in [-0.4, -0.2) is 15.5 Å². The SMILES string of the molecule is CNS(=O)(=O)c1ccccc1NCc1ccc(Cl)c(Br)c1. The van der Waals surface area contributed by atoms with E-state index >= 15 is 0 Å². The molecular weight excluding hydrogens is 376 g/mol. The molecule has 0 aliphatic heterocycles. The summed E-state index contributed by atoms with van der Waals surface area (Å²) in [5, 5.41) is 3.77. The quantitative estimate of drug-likeness (QED) is 0.821. The lowest BCUT2D eigenvalue weighted by Gasteiger charge is -2.12. The van der Waals surface area contributed by atoms with Gasteiger partial charge in [-0.1, -0.05) is 29.8 Å². The first-order chi connectivity index (χ1) is 9.94. The molecule has 2 rings (SSSR count). The Kier molecular flexibility index (Phi) is 5.27. The Morgan fingerprint density at radius 3 is 2.57 bits per heavy atom. The molecule has 0 fully saturated rings. The summed E-state index contributed by atoms with van der Waals surface area (Å²) in [5.74, 6) is 0. The largest absolute Gasteiger partial charge is 0.380 e. The highest BCUT2D eigenvalue weighted by Gasteiger charge is 2.15. The molecule has 21 heavy (non-hydrogen) atoms. The highest BCUT2D eigenvalue weighted by Crippen LogP contribution is 2.25. The van der Waals surface area contributed by atoms with Crippen molar-refractivity contribution in [1.29, 1.82) is 0 Å². The number of halogens is 2. The third-order valence-electron chi connectivity index (χ3n) is 2.91. The van der Waals surface area contributed by atoms with Crippen molar-refractivity contribution >= 4 is 43.2 Å². The smallest absolute Gasteiger partial charge is 0.242 e. The molecule has 0 aliphatic carbocycles. The van der Waals surface area contributed by atoms with Gasteiger partial charge in [0.2, 0.25) is 10.0 Å². The van der Waals surface area contributed by atoms with Gasteiger partial charge in [-0.15, -0.1) is 0 Å². The highest BCUT2D eigenvalue weighted by molar-refractivity contribution is 9.10. The van der Waals surface area contributed by atoms with Crippen molar-refractivity contribution in [3.63, 3.8) is 0 Å². The van der Waals surface area contributed by atoms with Crippen molar-refractivity contribution in [2.45, 2.75) is 11.4 Å². The third-order valence-corrected chi connectivity index (χ3v) is 5.60. The van der Waals surface area contributed by atoms with E-state index in [1.807, 2.05) is 12.1 Å². The van der Waals surface area contributed by atoms with Gasteiger partial charge in [-0.3, -0.25) is 0 Å². The molecule has 0 radical (unpaired) electrons. The molecule has 4 nitrogen and oxygen atoms in total. The van der Waals surface area contributed by atoms with E-state index in [9.17, 15) is 8.42 Å². The summed E-state index contributed by atoms with van der Waals surface area (Å²) in [4.78, 5) is 0.223. The predicted molar refractivity (Wildman–Crippen MR) is 89.2 cm³/mol. The number of sulfonamides is 1. The van der Waals surface area contributed by atoms with Crippen LogP contribution in [-0.2, 0) is 16.6 Å². The standard InChI is InChI=1S/C14H14BrClN2O2S/c1-17-21(19,20)14-5-3-2-4-13(14)18-9-10-6-7-12(16)11(15)8-10/h2-8,17-18H,9H2,1H3. The number of nitrogens with one attached hydrogen (secondary N) is 2. The zero-order chi connectivity index (χ0) is 15.5. The monoisotopic (exact) mass is 388 g/mol. The van der Waals surface area contributed by atoms with Crippen LogP contribution in [0.5, 0.6) is 0 Å². The first-order valence-corrected chi connectivity index (χ1v) is 8.80. The summed E-state index contributed by atoms with van der Waals surface area (Å²) in [6.07, 6.45) is 0. The van der Waals surface area contributed by atoms with Crippen molar-refractivity contribution in [1.82, 2.24) is 4.72 Å². The number of para-hydroxylation sites is 1. The van der Waals surface area contributed by atoms with Crippen molar-refractivity contribution < 1.29 is 8.42 Å². The Morgan fingerprint density at radius 1 is 1.19 bits per heavy atom. The topological polar surface area (TPSA) is 58.2 Å². The summed E-state index contributed by atoms with van der Waals surface area (Å²) < 4.78 is 27.0. The number of hydrogen-bond donors (Lipinski definition) is 2. The van der Waals surface area contributed by atoms with E-state index in [-0.39, 0.29) is 4.90 Å². The minimum absolute atomic E-state index is 0.223. The molecule has 0 spiro atoms. The normalized spacial score (nSPS) is 11.4. The summed E-state index contributed by atoms with van der Waals surface area (Å²) in [5.41, 5.74) is 1.54. The first kappa shape index (κ1) is 16.3. The van der Waals surface area contributed by atoms with E-state index in [4.69, 9.17) is 11.6 Å². The van der Waals surface area contributed by atoms with Crippen LogP contribution in [0.25, 0.3) is 0 Å². The molecule has 0 saturated carbocycles. The molecule has 0 aromatic heterocycles. The van der Waals surface area contributed by atoms with E-state index in [1.54, 1.807) is 30.3 Å². The average Bonchev–Trinajstić information content (AvgIpc) is 2.49. The number of hydrogen-bond acceptors (Lipinski definition) is 3. The fraction of sp³-hybridized carbons (Fsp3) is 0.143. The first-order valence-electron chi connectivity index (χ1n) is 6.14. The fourth-order valence-electron chi connectivity index (χ4n) is 1.80. The molecule has 0 aliphatic rings. The maximum Gasteiger partial charge on any atom is 0.242 e. The molecule has 112 valence electrons. The van der Waals surface area contributed by atoms with Crippen molar-refractivity contribution in [3.8, 4) is 0 Å². The molecule has 0 heterocycles. The van der Waals surface area contributed by atoms with Gasteiger partial charge in [0, 0.05) is 11.0 Å². The Labute approximate surface area is 137 Å². The van der Waals surface area contributed by atoms with Crippen molar-refractivity contribution in [2.24, 2.45) is 0 Å². The van der Waals surface area contributed by atoms with Gasteiger partial charge in [0.15, 0.2) is 0 Å². The van der Waals surface area contributed by atoms with Crippen LogP contribution in [0.15, 0.2) is 51.8 Å². The predicted octanol–water partition coefficient (Wildman–Crippen LogP) is 3.62. The van der Waals surface area contributed by atoms with Crippen LogP contribution in [0.2, 0.25) is 5.02 Å². The second-order valence-corrected chi connectivity index (χ2v) is 7.42. The Bertz CT molecular complexity index is 750. The van der Waals surface area contributed by atoms with Gasteiger partial charge in [-0.05, 0) is 52.8 Å². The molecule has 0 amide bonds. The zero-order valence-corrected chi connectivity index (χ0v) is 14.4. The van der Waals surface area contributed by atoms with Gasteiger partial charge in [-0.25, -0.2) is 13.1 Å². The summed E-state index contributed by atoms with van der Waals surface area (Å²) >= 11 is 9.31. The number of rotatable bonds is 5. The van der Waals surface area contributed by atoms with E-state index in [2.05, 4.69) is 26.0 Å². The molecule has 2 N–H and O–H groups in total. The van der Waals surface area contributed by atoms with Gasteiger partial charge >= 0.3 is 0 Å². The molecule has 0 bridgehead atoms. The lowest BCUT2D eigenvalue weighted by atomic mass is 10.2. The molecule has 2 aromatic rings. The van der Waals surface area contributed by atoms with Crippen LogP contribution in [0.3, 0.4) is 0 Å². The minimum atomic E-state index is -3.49. The van der Waals surface area contributed by atoms with Gasteiger partial charge in [0.25, 0.3) is 0 Å². The summed E-state index contributed by atoms with van der Waals surface area (Å²) in [6, 6.07) is 12.3. The van der Waals surface area contributed by atoms with Crippen LogP contribution < -0.4 is 10.0 Å². The van der Waals surface area contributed by atoms with Crippen LogP contribution in [0.1, 0.15) is 5.56 Å². The molecule has 0 saturated heterocycles. The Balaban J connectivity index is 2.23. The van der Waals surface area contributed by atoms with Gasteiger partial charge in [-0.2, -0.15) is 0 Å². The maximum atomic E-state index is 12.0.